The van der Waals surface area contributed by atoms with E-state index in [-0.39, 0.29) is 5.54 Å². The van der Waals surface area contributed by atoms with Crippen molar-refractivity contribution in [3.63, 3.8) is 0 Å². The van der Waals surface area contributed by atoms with E-state index in [4.69, 9.17) is 0 Å². The molecule has 0 fully saturated rings. The standard InChI is InChI=1S/C17H31N3/c1-6-20(7-2)14-15-9-8-10-16(13-15)18-11-12-19-17(3,4)5/h8-10,13,18-19H,6-7,11-12,14H2,1-5H3. The number of anilines is 1. The molecular weight excluding hydrogens is 246 g/mol. The van der Waals surface area contributed by atoms with Gasteiger partial charge < -0.3 is 10.6 Å². The third-order valence-corrected chi connectivity index (χ3v) is 3.34. The summed E-state index contributed by atoms with van der Waals surface area (Å²) in [6.45, 7) is 16.2. The summed E-state index contributed by atoms with van der Waals surface area (Å²) in [5.74, 6) is 0. The summed E-state index contributed by atoms with van der Waals surface area (Å²) in [5.41, 5.74) is 2.78. The number of hydrogen-bond donors (Lipinski definition) is 2. The van der Waals surface area contributed by atoms with Gasteiger partial charge in [0.2, 0.25) is 0 Å². The summed E-state index contributed by atoms with van der Waals surface area (Å²) < 4.78 is 0. The Morgan fingerprint density at radius 1 is 1.05 bits per heavy atom. The number of nitrogens with zero attached hydrogens (tertiary/aromatic N) is 1. The molecule has 1 aromatic rings. The SMILES string of the molecule is CCN(CC)Cc1cccc(NCCNC(C)(C)C)c1. The molecule has 0 aromatic heterocycles. The predicted molar refractivity (Wildman–Crippen MR) is 89.3 cm³/mol. The molecule has 0 unspecified atom stereocenters. The van der Waals surface area contributed by atoms with E-state index in [2.05, 4.69) is 74.4 Å². The fourth-order valence-corrected chi connectivity index (χ4v) is 2.13. The highest BCUT2D eigenvalue weighted by atomic mass is 15.1. The lowest BCUT2D eigenvalue weighted by Crippen LogP contribution is -2.38. The molecule has 0 heterocycles. The Labute approximate surface area is 124 Å². The van der Waals surface area contributed by atoms with Gasteiger partial charge in [-0.25, -0.2) is 0 Å². The van der Waals surface area contributed by atoms with Crippen LogP contribution in [-0.2, 0) is 6.54 Å². The number of rotatable bonds is 8. The largest absolute Gasteiger partial charge is 0.384 e. The fourth-order valence-electron chi connectivity index (χ4n) is 2.13. The molecule has 0 aliphatic heterocycles. The molecule has 0 amide bonds. The van der Waals surface area contributed by atoms with Gasteiger partial charge in [-0.05, 0) is 51.6 Å². The van der Waals surface area contributed by atoms with E-state index in [0.29, 0.717) is 0 Å². The quantitative estimate of drug-likeness (QED) is 0.714. The van der Waals surface area contributed by atoms with E-state index in [9.17, 15) is 0 Å². The molecule has 20 heavy (non-hydrogen) atoms. The first-order valence-electron chi connectivity index (χ1n) is 7.74. The Kier molecular flexibility index (Phi) is 7.03. The van der Waals surface area contributed by atoms with Crippen molar-refractivity contribution in [3.05, 3.63) is 29.8 Å². The van der Waals surface area contributed by atoms with Gasteiger partial charge in [-0.15, -0.1) is 0 Å². The van der Waals surface area contributed by atoms with Crippen LogP contribution in [0.3, 0.4) is 0 Å². The molecule has 0 radical (unpaired) electrons. The molecule has 0 saturated heterocycles. The van der Waals surface area contributed by atoms with Crippen molar-refractivity contribution in [2.24, 2.45) is 0 Å². The minimum atomic E-state index is 0.187. The van der Waals surface area contributed by atoms with Crippen LogP contribution >= 0.6 is 0 Å². The number of hydrogen-bond acceptors (Lipinski definition) is 3. The second kappa shape index (κ2) is 8.28. The van der Waals surface area contributed by atoms with E-state index >= 15 is 0 Å². The molecule has 0 aliphatic rings. The van der Waals surface area contributed by atoms with Crippen LogP contribution in [0, 0.1) is 0 Å². The van der Waals surface area contributed by atoms with Crippen LogP contribution in [0.4, 0.5) is 5.69 Å². The first kappa shape index (κ1) is 17.0. The van der Waals surface area contributed by atoms with Crippen LogP contribution in [0.25, 0.3) is 0 Å². The second-order valence-electron chi connectivity index (χ2n) is 6.27. The van der Waals surface area contributed by atoms with Crippen molar-refractivity contribution in [1.82, 2.24) is 10.2 Å². The predicted octanol–water partition coefficient (Wildman–Crippen LogP) is 3.33. The lowest BCUT2D eigenvalue weighted by atomic mass is 10.1. The van der Waals surface area contributed by atoms with Gasteiger partial charge in [0, 0.05) is 30.9 Å². The van der Waals surface area contributed by atoms with Crippen LogP contribution in [0.5, 0.6) is 0 Å². The van der Waals surface area contributed by atoms with Crippen molar-refractivity contribution in [2.45, 2.75) is 46.7 Å². The zero-order chi connectivity index (χ0) is 15.0. The van der Waals surface area contributed by atoms with Crippen LogP contribution in [0.1, 0.15) is 40.2 Å². The van der Waals surface area contributed by atoms with Gasteiger partial charge in [-0.3, -0.25) is 4.90 Å². The molecular formula is C17H31N3. The zero-order valence-corrected chi connectivity index (χ0v) is 13.8. The normalized spacial score (nSPS) is 11.9. The van der Waals surface area contributed by atoms with Gasteiger partial charge in [0.15, 0.2) is 0 Å². The highest BCUT2D eigenvalue weighted by Gasteiger charge is 2.07. The first-order chi connectivity index (χ1) is 9.44. The van der Waals surface area contributed by atoms with Crippen LogP contribution in [0.15, 0.2) is 24.3 Å². The zero-order valence-electron chi connectivity index (χ0n) is 13.8. The lowest BCUT2D eigenvalue weighted by Gasteiger charge is -2.21. The van der Waals surface area contributed by atoms with E-state index in [1.807, 2.05) is 0 Å². The minimum Gasteiger partial charge on any atom is -0.384 e. The molecule has 0 aliphatic carbocycles. The number of benzene rings is 1. The summed E-state index contributed by atoms with van der Waals surface area (Å²) >= 11 is 0. The van der Waals surface area contributed by atoms with Gasteiger partial charge in [-0.2, -0.15) is 0 Å². The second-order valence-corrected chi connectivity index (χ2v) is 6.27. The summed E-state index contributed by atoms with van der Waals surface area (Å²) in [6.07, 6.45) is 0. The molecule has 114 valence electrons. The maximum atomic E-state index is 3.49. The third-order valence-electron chi connectivity index (χ3n) is 3.34. The van der Waals surface area contributed by atoms with Gasteiger partial charge >= 0.3 is 0 Å². The molecule has 0 bridgehead atoms. The molecule has 1 aromatic carbocycles. The first-order valence-corrected chi connectivity index (χ1v) is 7.74. The van der Waals surface area contributed by atoms with Crippen molar-refractivity contribution >= 4 is 5.69 Å². The van der Waals surface area contributed by atoms with E-state index in [0.717, 1.165) is 32.7 Å². The van der Waals surface area contributed by atoms with Gasteiger partial charge in [-0.1, -0.05) is 26.0 Å². The van der Waals surface area contributed by atoms with Crippen molar-refractivity contribution in [1.29, 1.82) is 0 Å². The maximum absolute atomic E-state index is 3.49. The molecule has 2 N–H and O–H groups in total. The molecule has 1 rings (SSSR count). The average Bonchev–Trinajstić information content (AvgIpc) is 2.40. The van der Waals surface area contributed by atoms with Crippen molar-refractivity contribution in [3.8, 4) is 0 Å². The van der Waals surface area contributed by atoms with Crippen LogP contribution in [0.2, 0.25) is 0 Å². The molecule has 3 nitrogen and oxygen atoms in total. The van der Waals surface area contributed by atoms with Gasteiger partial charge in [0.05, 0.1) is 0 Å². The monoisotopic (exact) mass is 277 g/mol. The summed E-state index contributed by atoms with van der Waals surface area (Å²) in [5, 5.41) is 6.97. The number of nitrogens with one attached hydrogen (secondary N) is 2. The topological polar surface area (TPSA) is 27.3 Å². The van der Waals surface area contributed by atoms with E-state index in [1.54, 1.807) is 0 Å². The highest BCUT2D eigenvalue weighted by molar-refractivity contribution is 5.45. The smallest absolute Gasteiger partial charge is 0.0343 e. The van der Waals surface area contributed by atoms with Crippen LogP contribution < -0.4 is 10.6 Å². The Hall–Kier alpha value is -1.06. The van der Waals surface area contributed by atoms with Gasteiger partial charge in [0.1, 0.15) is 0 Å². The van der Waals surface area contributed by atoms with Gasteiger partial charge in [0.25, 0.3) is 0 Å². The lowest BCUT2D eigenvalue weighted by molar-refractivity contribution is 0.296. The average molecular weight is 277 g/mol. The summed E-state index contributed by atoms with van der Waals surface area (Å²) in [4.78, 5) is 2.43. The molecule has 0 saturated carbocycles. The highest BCUT2D eigenvalue weighted by Crippen LogP contribution is 2.12. The Morgan fingerprint density at radius 2 is 1.75 bits per heavy atom. The van der Waals surface area contributed by atoms with Crippen molar-refractivity contribution in [2.75, 3.05) is 31.5 Å². The third kappa shape index (κ3) is 6.92. The summed E-state index contributed by atoms with van der Waals surface area (Å²) in [7, 11) is 0. The maximum Gasteiger partial charge on any atom is 0.0343 e. The van der Waals surface area contributed by atoms with Crippen molar-refractivity contribution < 1.29 is 0 Å². The van der Waals surface area contributed by atoms with E-state index < -0.39 is 0 Å². The minimum absolute atomic E-state index is 0.187. The van der Waals surface area contributed by atoms with E-state index in [1.165, 1.54) is 11.3 Å². The summed E-state index contributed by atoms with van der Waals surface area (Å²) in [6, 6.07) is 8.74. The Bertz CT molecular complexity index is 378. The Balaban J connectivity index is 2.43. The molecule has 0 atom stereocenters. The molecule has 3 heteroatoms. The molecule has 0 spiro atoms. The fraction of sp³-hybridized carbons (Fsp3) is 0.647. The Morgan fingerprint density at radius 3 is 2.35 bits per heavy atom. The van der Waals surface area contributed by atoms with Crippen LogP contribution in [-0.4, -0.2) is 36.6 Å².